The van der Waals surface area contributed by atoms with Gasteiger partial charge in [-0.2, -0.15) is 0 Å². The van der Waals surface area contributed by atoms with Gasteiger partial charge < -0.3 is 4.74 Å². The summed E-state index contributed by atoms with van der Waals surface area (Å²) in [6.45, 7) is 4.35. The molecule has 0 radical (unpaired) electrons. The summed E-state index contributed by atoms with van der Waals surface area (Å²) in [5.74, 6) is 0.594. The first-order valence-corrected chi connectivity index (χ1v) is 7.26. The summed E-state index contributed by atoms with van der Waals surface area (Å²) in [5.41, 5.74) is 0. The molecule has 0 aliphatic rings. The average Bonchev–Trinajstić information content (AvgIpc) is 2.76. The van der Waals surface area contributed by atoms with Crippen molar-refractivity contribution in [1.29, 1.82) is 0 Å². The van der Waals surface area contributed by atoms with E-state index < -0.39 is 5.97 Å². The Morgan fingerprint density at radius 1 is 1.16 bits per heavy atom. The lowest BCUT2D eigenvalue weighted by Gasteiger charge is -2.00. The second kappa shape index (κ2) is 8.67. The van der Waals surface area contributed by atoms with E-state index in [1.54, 1.807) is 11.6 Å². The van der Waals surface area contributed by atoms with Gasteiger partial charge in [0.1, 0.15) is 5.82 Å². The van der Waals surface area contributed by atoms with Crippen molar-refractivity contribution < 1.29 is 9.53 Å². The number of aryl methyl sites for hydroxylation is 2. The van der Waals surface area contributed by atoms with Gasteiger partial charge in [0.05, 0.1) is 6.61 Å². The zero-order valence-electron chi connectivity index (χ0n) is 12.3. The lowest BCUT2D eigenvalue weighted by atomic mass is 10.1. The molecule has 1 aromatic rings. The molecule has 0 aliphatic heterocycles. The minimum Gasteiger partial charge on any atom is -0.460 e. The fourth-order valence-electron chi connectivity index (χ4n) is 1.98. The maximum absolute atomic E-state index is 11.5. The van der Waals surface area contributed by atoms with Crippen LogP contribution in [0.4, 0.5) is 0 Å². The average molecular weight is 267 g/mol. The molecule has 5 heteroatoms. The highest BCUT2D eigenvalue weighted by Crippen LogP contribution is 2.09. The molecule has 0 amide bonds. The summed E-state index contributed by atoms with van der Waals surface area (Å²) < 4.78 is 6.57. The summed E-state index contributed by atoms with van der Waals surface area (Å²) in [5, 5.41) is 4.09. The Morgan fingerprint density at radius 2 is 1.84 bits per heavy atom. The summed E-state index contributed by atoms with van der Waals surface area (Å²) in [7, 11) is 1.82. The maximum Gasteiger partial charge on any atom is 0.378 e. The SMILES string of the molecule is CCCCCCCCc1nc(C(=O)OCC)nn1C. The third-order valence-electron chi connectivity index (χ3n) is 3.07. The number of carbonyl (C=O) groups excluding carboxylic acids is 1. The van der Waals surface area contributed by atoms with E-state index in [1.807, 2.05) is 7.05 Å². The third-order valence-corrected chi connectivity index (χ3v) is 3.07. The van der Waals surface area contributed by atoms with Gasteiger partial charge in [-0.3, -0.25) is 4.68 Å². The van der Waals surface area contributed by atoms with E-state index in [0.717, 1.165) is 18.7 Å². The van der Waals surface area contributed by atoms with Crippen molar-refractivity contribution in [3.05, 3.63) is 11.6 Å². The van der Waals surface area contributed by atoms with Crippen LogP contribution in [-0.2, 0) is 18.2 Å². The zero-order chi connectivity index (χ0) is 14.1. The molecule has 1 rings (SSSR count). The van der Waals surface area contributed by atoms with Crippen molar-refractivity contribution in [2.45, 2.75) is 58.8 Å². The zero-order valence-corrected chi connectivity index (χ0v) is 12.3. The Bertz CT molecular complexity index is 388. The van der Waals surface area contributed by atoms with Gasteiger partial charge in [-0.05, 0) is 13.3 Å². The summed E-state index contributed by atoms with van der Waals surface area (Å²) in [4.78, 5) is 15.7. The molecule has 108 valence electrons. The van der Waals surface area contributed by atoms with E-state index in [0.29, 0.717) is 6.61 Å². The van der Waals surface area contributed by atoms with Gasteiger partial charge >= 0.3 is 5.97 Å². The van der Waals surface area contributed by atoms with Crippen LogP contribution in [0.2, 0.25) is 0 Å². The van der Waals surface area contributed by atoms with E-state index in [-0.39, 0.29) is 5.82 Å². The minimum absolute atomic E-state index is 0.172. The highest BCUT2D eigenvalue weighted by atomic mass is 16.5. The van der Waals surface area contributed by atoms with Crippen LogP contribution in [0.3, 0.4) is 0 Å². The largest absolute Gasteiger partial charge is 0.460 e. The normalized spacial score (nSPS) is 10.7. The molecular weight excluding hydrogens is 242 g/mol. The topological polar surface area (TPSA) is 57.0 Å². The lowest BCUT2D eigenvalue weighted by molar-refractivity contribution is 0.0512. The number of hydrogen-bond acceptors (Lipinski definition) is 4. The molecule has 5 nitrogen and oxygen atoms in total. The molecule has 0 unspecified atom stereocenters. The summed E-state index contributed by atoms with van der Waals surface area (Å²) in [6, 6.07) is 0. The summed E-state index contributed by atoms with van der Waals surface area (Å²) in [6.07, 6.45) is 8.35. The molecule has 0 fully saturated rings. The van der Waals surface area contributed by atoms with E-state index in [9.17, 15) is 4.79 Å². The Hall–Kier alpha value is -1.39. The van der Waals surface area contributed by atoms with Crippen molar-refractivity contribution in [2.24, 2.45) is 7.05 Å². The van der Waals surface area contributed by atoms with Gasteiger partial charge in [0, 0.05) is 13.5 Å². The number of carbonyl (C=O) groups is 1. The van der Waals surface area contributed by atoms with Crippen molar-refractivity contribution in [2.75, 3.05) is 6.61 Å². The molecule has 0 saturated carbocycles. The molecular formula is C14H25N3O2. The maximum atomic E-state index is 11.5. The van der Waals surface area contributed by atoms with Crippen LogP contribution in [0, 0.1) is 0 Å². The molecule has 0 saturated heterocycles. The summed E-state index contributed by atoms with van der Waals surface area (Å²) >= 11 is 0. The Balaban J connectivity index is 2.35. The Morgan fingerprint density at radius 3 is 2.53 bits per heavy atom. The smallest absolute Gasteiger partial charge is 0.378 e. The van der Waals surface area contributed by atoms with Gasteiger partial charge in [0.25, 0.3) is 5.82 Å². The third kappa shape index (κ3) is 5.41. The van der Waals surface area contributed by atoms with Gasteiger partial charge in [0.15, 0.2) is 0 Å². The van der Waals surface area contributed by atoms with Crippen LogP contribution in [0.15, 0.2) is 0 Å². The predicted molar refractivity (Wildman–Crippen MR) is 74.0 cm³/mol. The predicted octanol–water partition coefficient (Wildman–Crippen LogP) is 2.89. The molecule has 0 atom stereocenters. The van der Waals surface area contributed by atoms with Gasteiger partial charge in [-0.1, -0.05) is 39.0 Å². The first kappa shape index (κ1) is 15.7. The molecule has 0 bridgehead atoms. The van der Waals surface area contributed by atoms with E-state index in [4.69, 9.17) is 4.74 Å². The number of aromatic nitrogens is 3. The highest BCUT2D eigenvalue weighted by molar-refractivity contribution is 5.84. The Kier molecular flexibility index (Phi) is 7.15. The Labute approximate surface area is 115 Å². The first-order valence-electron chi connectivity index (χ1n) is 7.26. The van der Waals surface area contributed by atoms with Gasteiger partial charge in [-0.15, -0.1) is 5.10 Å². The molecule has 19 heavy (non-hydrogen) atoms. The van der Waals surface area contributed by atoms with Crippen LogP contribution in [0.25, 0.3) is 0 Å². The van der Waals surface area contributed by atoms with Crippen molar-refractivity contribution >= 4 is 5.97 Å². The molecule has 0 aliphatic carbocycles. The molecule has 1 heterocycles. The second-order valence-electron chi connectivity index (χ2n) is 4.71. The van der Waals surface area contributed by atoms with E-state index in [2.05, 4.69) is 17.0 Å². The first-order chi connectivity index (χ1) is 9.19. The second-order valence-corrected chi connectivity index (χ2v) is 4.71. The van der Waals surface area contributed by atoms with E-state index >= 15 is 0 Å². The van der Waals surface area contributed by atoms with Crippen LogP contribution < -0.4 is 0 Å². The van der Waals surface area contributed by atoms with Crippen molar-refractivity contribution in [1.82, 2.24) is 14.8 Å². The quantitative estimate of drug-likeness (QED) is 0.510. The number of esters is 1. The van der Waals surface area contributed by atoms with Gasteiger partial charge in [-0.25, -0.2) is 9.78 Å². The molecule has 0 spiro atoms. The number of rotatable bonds is 9. The number of unbranched alkanes of at least 4 members (excludes halogenated alkanes) is 5. The number of hydrogen-bond donors (Lipinski definition) is 0. The van der Waals surface area contributed by atoms with Crippen molar-refractivity contribution in [3.63, 3.8) is 0 Å². The van der Waals surface area contributed by atoms with Crippen LogP contribution in [0.1, 0.15) is 68.8 Å². The monoisotopic (exact) mass is 267 g/mol. The standard InChI is InChI=1S/C14H25N3O2/c1-4-6-7-8-9-10-11-12-15-13(16-17(12)3)14(18)19-5-2/h4-11H2,1-3H3. The minimum atomic E-state index is -0.438. The van der Waals surface area contributed by atoms with Crippen LogP contribution in [0.5, 0.6) is 0 Å². The number of nitrogens with zero attached hydrogens (tertiary/aromatic N) is 3. The highest BCUT2D eigenvalue weighted by Gasteiger charge is 2.15. The molecule has 0 aromatic carbocycles. The van der Waals surface area contributed by atoms with Gasteiger partial charge in [0.2, 0.25) is 0 Å². The van der Waals surface area contributed by atoms with Crippen molar-refractivity contribution in [3.8, 4) is 0 Å². The lowest BCUT2D eigenvalue weighted by Crippen LogP contribution is -2.07. The number of ether oxygens (including phenoxy) is 1. The fraction of sp³-hybridized carbons (Fsp3) is 0.786. The fourth-order valence-corrected chi connectivity index (χ4v) is 1.98. The van der Waals surface area contributed by atoms with E-state index in [1.165, 1.54) is 32.1 Å². The van der Waals surface area contributed by atoms with Crippen LogP contribution in [-0.4, -0.2) is 27.3 Å². The molecule has 0 N–H and O–H groups in total. The molecule has 1 aromatic heterocycles. The van der Waals surface area contributed by atoms with Crippen LogP contribution >= 0.6 is 0 Å².